The van der Waals surface area contributed by atoms with E-state index in [0.717, 1.165) is 69.8 Å². The number of alkyl halides is 3. The summed E-state index contributed by atoms with van der Waals surface area (Å²) < 4.78 is 38.7. The predicted molar refractivity (Wildman–Crippen MR) is 137 cm³/mol. The number of hydrogen-bond acceptors (Lipinski definition) is 4. The van der Waals surface area contributed by atoms with Crippen LogP contribution in [-0.2, 0) is 15.8 Å². The Morgan fingerprint density at radius 3 is 2.50 bits per heavy atom. The fourth-order valence-corrected chi connectivity index (χ4v) is 6.78. The van der Waals surface area contributed by atoms with E-state index in [0.29, 0.717) is 17.0 Å². The van der Waals surface area contributed by atoms with Crippen LogP contribution >= 0.6 is 11.8 Å². The molecule has 5 nitrogen and oxygen atoms in total. The standard InChI is InChI=1S/C27H36F3N3O2S/c1-19-11-15-32(16-12-19)14-4-13-31-25(34)18-33-22-5-2-3-6-23(22)36-24(26(33)35)17-20-7-9-21(10-8-20)27(28,29)30/h7-10,17,19,22-23H,2-6,11-16,18H2,1H3,(H,31,34)/b24-17-. The van der Waals surface area contributed by atoms with Crippen LogP contribution in [-0.4, -0.2) is 65.6 Å². The maximum absolute atomic E-state index is 13.4. The molecule has 2 unspecified atom stereocenters. The van der Waals surface area contributed by atoms with Gasteiger partial charge in [0.05, 0.1) is 10.5 Å². The average molecular weight is 524 g/mol. The van der Waals surface area contributed by atoms with Crippen LogP contribution in [0.25, 0.3) is 6.08 Å². The lowest BCUT2D eigenvalue weighted by Gasteiger charge is -2.43. The molecule has 198 valence electrons. The molecule has 1 aromatic carbocycles. The molecular formula is C27H36F3N3O2S. The number of fused-ring (bicyclic) bond motifs is 1. The fraction of sp³-hybridized carbons (Fsp3) is 0.630. The molecule has 1 aliphatic carbocycles. The molecule has 2 saturated heterocycles. The summed E-state index contributed by atoms with van der Waals surface area (Å²) >= 11 is 1.51. The number of likely N-dealkylation sites (tertiary alicyclic amines) is 1. The number of halogens is 3. The summed E-state index contributed by atoms with van der Waals surface area (Å²) in [5.41, 5.74) is -0.169. The summed E-state index contributed by atoms with van der Waals surface area (Å²) in [7, 11) is 0. The first-order valence-corrected chi connectivity index (χ1v) is 13.9. The molecule has 2 heterocycles. The van der Waals surface area contributed by atoms with Crippen molar-refractivity contribution in [2.24, 2.45) is 5.92 Å². The Morgan fingerprint density at radius 1 is 1.11 bits per heavy atom. The van der Waals surface area contributed by atoms with Crippen LogP contribution in [0.2, 0.25) is 0 Å². The molecule has 0 aromatic heterocycles. The van der Waals surface area contributed by atoms with Crippen LogP contribution in [0.5, 0.6) is 0 Å². The van der Waals surface area contributed by atoms with E-state index in [1.165, 1.54) is 36.7 Å². The van der Waals surface area contributed by atoms with Crippen molar-refractivity contribution in [3.63, 3.8) is 0 Å². The first kappa shape index (κ1) is 27.0. The zero-order valence-electron chi connectivity index (χ0n) is 20.9. The SMILES string of the molecule is CC1CCN(CCCNC(=O)CN2C(=O)/C(=C/c3ccc(C(F)(F)F)cc3)SC3CCCCC32)CC1. The molecular weight excluding hydrogens is 487 g/mol. The second kappa shape index (κ2) is 12.0. The van der Waals surface area contributed by atoms with Crippen molar-refractivity contribution in [2.75, 3.05) is 32.7 Å². The number of hydrogen-bond donors (Lipinski definition) is 1. The monoisotopic (exact) mass is 523 g/mol. The first-order valence-electron chi connectivity index (χ1n) is 13.1. The Morgan fingerprint density at radius 2 is 1.81 bits per heavy atom. The van der Waals surface area contributed by atoms with Gasteiger partial charge in [-0.2, -0.15) is 13.2 Å². The summed E-state index contributed by atoms with van der Waals surface area (Å²) in [6.45, 7) is 6.10. The highest BCUT2D eigenvalue weighted by Crippen LogP contribution is 2.42. The van der Waals surface area contributed by atoms with Crippen molar-refractivity contribution >= 4 is 29.7 Å². The molecule has 0 spiro atoms. The molecule has 3 fully saturated rings. The normalized spacial score (nSPS) is 25.2. The van der Waals surface area contributed by atoms with Gasteiger partial charge >= 0.3 is 6.18 Å². The Labute approximate surface area is 215 Å². The quantitative estimate of drug-likeness (QED) is 0.396. The number of thioether (sulfide) groups is 1. The number of benzene rings is 1. The smallest absolute Gasteiger partial charge is 0.355 e. The molecule has 36 heavy (non-hydrogen) atoms. The van der Waals surface area contributed by atoms with Crippen molar-refractivity contribution in [1.29, 1.82) is 0 Å². The number of rotatable bonds is 7. The van der Waals surface area contributed by atoms with E-state index in [1.807, 2.05) is 0 Å². The highest BCUT2D eigenvalue weighted by Gasteiger charge is 2.41. The maximum atomic E-state index is 13.4. The molecule has 1 N–H and O–H groups in total. The van der Waals surface area contributed by atoms with Crippen LogP contribution in [0.1, 0.15) is 63.0 Å². The first-order chi connectivity index (χ1) is 17.2. The Balaban J connectivity index is 1.36. The summed E-state index contributed by atoms with van der Waals surface area (Å²) in [6, 6.07) is 4.85. The van der Waals surface area contributed by atoms with Gasteiger partial charge in [0, 0.05) is 17.8 Å². The molecule has 0 bridgehead atoms. The van der Waals surface area contributed by atoms with Gasteiger partial charge in [-0.25, -0.2) is 0 Å². The maximum Gasteiger partial charge on any atom is 0.416 e. The van der Waals surface area contributed by atoms with Gasteiger partial charge in [-0.3, -0.25) is 9.59 Å². The third-order valence-electron chi connectivity index (χ3n) is 7.52. The molecule has 2 aliphatic heterocycles. The van der Waals surface area contributed by atoms with Gasteiger partial charge < -0.3 is 15.1 Å². The van der Waals surface area contributed by atoms with Crippen LogP contribution < -0.4 is 5.32 Å². The molecule has 0 radical (unpaired) electrons. The van der Waals surface area contributed by atoms with Crippen molar-refractivity contribution in [1.82, 2.24) is 15.1 Å². The second-order valence-electron chi connectivity index (χ2n) is 10.3. The van der Waals surface area contributed by atoms with E-state index < -0.39 is 11.7 Å². The number of amides is 2. The number of nitrogens with one attached hydrogen (secondary N) is 1. The van der Waals surface area contributed by atoms with Gasteiger partial charge in [-0.15, -0.1) is 11.8 Å². The minimum Gasteiger partial charge on any atom is -0.355 e. The molecule has 1 aromatic rings. The van der Waals surface area contributed by atoms with E-state index in [4.69, 9.17) is 0 Å². The van der Waals surface area contributed by atoms with Crippen molar-refractivity contribution in [3.05, 3.63) is 40.3 Å². The van der Waals surface area contributed by atoms with Crippen LogP contribution in [0.15, 0.2) is 29.2 Å². The van der Waals surface area contributed by atoms with Gasteiger partial charge in [-0.1, -0.05) is 31.9 Å². The molecule has 1 saturated carbocycles. The van der Waals surface area contributed by atoms with E-state index in [-0.39, 0.29) is 29.7 Å². The van der Waals surface area contributed by atoms with Crippen LogP contribution in [0.4, 0.5) is 13.2 Å². The molecule has 3 aliphatic rings. The number of nitrogens with zero attached hydrogens (tertiary/aromatic N) is 2. The molecule has 4 rings (SSSR count). The minimum atomic E-state index is -4.40. The van der Waals surface area contributed by atoms with Gasteiger partial charge in [-0.05, 0) is 81.4 Å². The fourth-order valence-electron chi connectivity index (χ4n) is 5.31. The zero-order chi connectivity index (χ0) is 25.7. The van der Waals surface area contributed by atoms with E-state index in [2.05, 4.69) is 17.1 Å². The van der Waals surface area contributed by atoms with Crippen molar-refractivity contribution in [3.8, 4) is 0 Å². The van der Waals surface area contributed by atoms with Gasteiger partial charge in [0.15, 0.2) is 0 Å². The van der Waals surface area contributed by atoms with E-state index in [1.54, 1.807) is 11.0 Å². The molecule has 2 amide bonds. The lowest BCUT2D eigenvalue weighted by Crippen LogP contribution is -2.54. The molecule has 9 heteroatoms. The van der Waals surface area contributed by atoms with Crippen molar-refractivity contribution in [2.45, 2.75) is 69.3 Å². The van der Waals surface area contributed by atoms with E-state index in [9.17, 15) is 22.8 Å². The minimum absolute atomic E-state index is 0.0158. The third kappa shape index (κ3) is 7.06. The third-order valence-corrected chi connectivity index (χ3v) is 8.92. The van der Waals surface area contributed by atoms with Gasteiger partial charge in [0.1, 0.15) is 6.54 Å². The zero-order valence-corrected chi connectivity index (χ0v) is 21.7. The topological polar surface area (TPSA) is 52.7 Å². The van der Waals surface area contributed by atoms with Gasteiger partial charge in [0.25, 0.3) is 5.91 Å². The summed E-state index contributed by atoms with van der Waals surface area (Å²) in [6.07, 6.45) is 4.53. The summed E-state index contributed by atoms with van der Waals surface area (Å²) in [5, 5.41) is 3.19. The lowest BCUT2D eigenvalue weighted by atomic mass is 9.93. The highest BCUT2D eigenvalue weighted by molar-refractivity contribution is 8.04. The second-order valence-corrected chi connectivity index (χ2v) is 11.6. The van der Waals surface area contributed by atoms with Crippen molar-refractivity contribution < 1.29 is 22.8 Å². The van der Waals surface area contributed by atoms with Crippen LogP contribution in [0.3, 0.4) is 0 Å². The Hall–Kier alpha value is -2.00. The van der Waals surface area contributed by atoms with Gasteiger partial charge in [0.2, 0.25) is 5.91 Å². The summed E-state index contributed by atoms with van der Waals surface area (Å²) in [5.74, 6) is 0.435. The predicted octanol–water partition coefficient (Wildman–Crippen LogP) is 5.17. The summed E-state index contributed by atoms with van der Waals surface area (Å²) in [4.78, 5) is 30.8. The number of carbonyl (C=O) groups is 2. The average Bonchev–Trinajstić information content (AvgIpc) is 2.85. The molecule has 2 atom stereocenters. The Kier molecular flexibility index (Phi) is 9.04. The largest absolute Gasteiger partial charge is 0.416 e. The number of carbonyl (C=O) groups excluding carboxylic acids is 2. The number of piperidine rings is 1. The highest BCUT2D eigenvalue weighted by atomic mass is 32.2. The Bertz CT molecular complexity index is 943. The van der Waals surface area contributed by atoms with E-state index >= 15 is 0 Å². The van der Waals surface area contributed by atoms with Crippen LogP contribution in [0, 0.1) is 5.92 Å². The lowest BCUT2D eigenvalue weighted by molar-refractivity contribution is -0.137.